The van der Waals surface area contributed by atoms with Gasteiger partial charge in [0.15, 0.2) is 0 Å². The van der Waals surface area contributed by atoms with Gasteiger partial charge >= 0.3 is 0 Å². The molecule has 1 aliphatic heterocycles. The van der Waals surface area contributed by atoms with E-state index in [0.29, 0.717) is 6.02 Å². The van der Waals surface area contributed by atoms with Crippen molar-refractivity contribution in [2.45, 2.75) is 6.04 Å². The van der Waals surface area contributed by atoms with E-state index in [1.807, 2.05) is 37.2 Å². The summed E-state index contributed by atoms with van der Waals surface area (Å²) in [5.74, 6) is 0.869. The van der Waals surface area contributed by atoms with Gasteiger partial charge in [0.25, 0.3) is 6.02 Å². The third-order valence-corrected chi connectivity index (χ3v) is 4.95. The van der Waals surface area contributed by atoms with Crippen LogP contribution in [0.2, 0.25) is 0 Å². The Balaban J connectivity index is 2.01. The molecule has 3 nitrogen and oxygen atoms in total. The summed E-state index contributed by atoms with van der Waals surface area (Å²) in [5, 5.41) is 2.37. The smallest absolute Gasteiger partial charge is 0.293 e. The summed E-state index contributed by atoms with van der Waals surface area (Å²) in [6.45, 7) is 0. The van der Waals surface area contributed by atoms with Crippen molar-refractivity contribution >= 4 is 32.7 Å². The molecule has 3 aromatic rings. The monoisotopic (exact) mass is 380 g/mol. The number of hydrogen-bond donors (Lipinski definition) is 0. The molecule has 24 heavy (non-hydrogen) atoms. The Kier molecular flexibility index (Phi) is 3.77. The maximum absolute atomic E-state index is 6.05. The van der Waals surface area contributed by atoms with Crippen molar-refractivity contribution in [3.05, 3.63) is 76.3 Å². The minimum Gasteiger partial charge on any atom is -0.426 e. The second-order valence-electron chi connectivity index (χ2n) is 6.03. The van der Waals surface area contributed by atoms with Crippen molar-refractivity contribution in [2.75, 3.05) is 14.1 Å². The Bertz CT molecular complexity index is 949. The Labute approximate surface area is 149 Å². The van der Waals surface area contributed by atoms with E-state index in [4.69, 9.17) is 9.73 Å². The van der Waals surface area contributed by atoms with Crippen molar-refractivity contribution in [1.82, 2.24) is 4.90 Å². The van der Waals surface area contributed by atoms with E-state index in [0.717, 1.165) is 21.3 Å². The Morgan fingerprint density at radius 2 is 1.71 bits per heavy atom. The molecule has 1 heterocycles. The van der Waals surface area contributed by atoms with E-state index >= 15 is 0 Å². The summed E-state index contributed by atoms with van der Waals surface area (Å²) in [7, 11) is 3.89. The van der Waals surface area contributed by atoms with Crippen molar-refractivity contribution in [1.29, 1.82) is 0 Å². The zero-order valence-corrected chi connectivity index (χ0v) is 15.1. The summed E-state index contributed by atoms with van der Waals surface area (Å²) in [6.07, 6.45) is 0. The van der Waals surface area contributed by atoms with Crippen molar-refractivity contribution in [2.24, 2.45) is 4.99 Å². The van der Waals surface area contributed by atoms with Crippen molar-refractivity contribution < 1.29 is 4.74 Å². The molecule has 3 aromatic carbocycles. The van der Waals surface area contributed by atoms with E-state index in [1.54, 1.807) is 0 Å². The van der Waals surface area contributed by atoms with Crippen LogP contribution in [0, 0.1) is 0 Å². The number of nitrogens with zero attached hydrogens (tertiary/aromatic N) is 2. The highest BCUT2D eigenvalue weighted by Crippen LogP contribution is 2.43. The number of benzene rings is 3. The Hall–Kier alpha value is -2.33. The topological polar surface area (TPSA) is 24.8 Å². The third kappa shape index (κ3) is 2.47. The van der Waals surface area contributed by atoms with Gasteiger partial charge in [0.2, 0.25) is 0 Å². The zero-order chi connectivity index (χ0) is 16.7. The number of aliphatic imine (C=N–C) groups is 1. The van der Waals surface area contributed by atoms with E-state index in [1.165, 1.54) is 10.8 Å². The van der Waals surface area contributed by atoms with Crippen LogP contribution in [0.25, 0.3) is 10.8 Å². The van der Waals surface area contributed by atoms with Gasteiger partial charge in [-0.3, -0.25) is 0 Å². The van der Waals surface area contributed by atoms with Gasteiger partial charge in [-0.1, -0.05) is 64.5 Å². The maximum Gasteiger partial charge on any atom is 0.293 e. The van der Waals surface area contributed by atoms with Crippen LogP contribution in [0.5, 0.6) is 5.75 Å². The molecule has 0 fully saturated rings. The highest BCUT2D eigenvalue weighted by Gasteiger charge is 2.28. The van der Waals surface area contributed by atoms with Crippen molar-refractivity contribution in [3.8, 4) is 5.75 Å². The highest BCUT2D eigenvalue weighted by molar-refractivity contribution is 9.10. The molecule has 4 rings (SSSR count). The van der Waals surface area contributed by atoms with Crippen molar-refractivity contribution in [3.63, 3.8) is 0 Å². The van der Waals surface area contributed by atoms with Crippen LogP contribution < -0.4 is 4.74 Å². The summed E-state index contributed by atoms with van der Waals surface area (Å²) in [5.41, 5.74) is 2.25. The fraction of sp³-hybridized carbons (Fsp3) is 0.150. The molecule has 0 spiro atoms. The van der Waals surface area contributed by atoms with Gasteiger partial charge in [-0.25, -0.2) is 4.99 Å². The van der Waals surface area contributed by atoms with Crippen LogP contribution in [0.15, 0.2) is 70.1 Å². The van der Waals surface area contributed by atoms with E-state index in [-0.39, 0.29) is 6.04 Å². The Morgan fingerprint density at radius 1 is 0.958 bits per heavy atom. The molecule has 0 saturated heterocycles. The molecule has 0 amide bonds. The summed E-state index contributed by atoms with van der Waals surface area (Å²) >= 11 is 3.68. The number of ether oxygens (including phenoxy) is 1. The lowest BCUT2D eigenvalue weighted by molar-refractivity contribution is 0.407. The fourth-order valence-electron chi connectivity index (χ4n) is 3.07. The third-order valence-electron chi connectivity index (χ3n) is 4.23. The first-order valence-electron chi connectivity index (χ1n) is 7.84. The molecular weight excluding hydrogens is 364 g/mol. The zero-order valence-electron chi connectivity index (χ0n) is 13.5. The number of rotatable bonds is 1. The van der Waals surface area contributed by atoms with Crippen LogP contribution in [-0.2, 0) is 0 Å². The first-order valence-corrected chi connectivity index (χ1v) is 8.63. The average molecular weight is 381 g/mol. The van der Waals surface area contributed by atoms with Gasteiger partial charge in [-0.05, 0) is 28.5 Å². The molecular formula is C20H17BrN2O. The fourth-order valence-corrected chi connectivity index (χ4v) is 3.58. The first kappa shape index (κ1) is 15.2. The number of fused-ring (bicyclic) bond motifs is 3. The second-order valence-corrected chi connectivity index (χ2v) is 6.89. The van der Waals surface area contributed by atoms with Crippen LogP contribution in [0.1, 0.15) is 17.2 Å². The molecule has 0 aliphatic carbocycles. The lowest BCUT2D eigenvalue weighted by Crippen LogP contribution is -2.31. The van der Waals surface area contributed by atoms with Gasteiger partial charge in [-0.2, -0.15) is 0 Å². The quantitative estimate of drug-likeness (QED) is 0.593. The minimum absolute atomic E-state index is 0.104. The summed E-state index contributed by atoms with van der Waals surface area (Å²) in [6, 6.07) is 21.3. The minimum atomic E-state index is -0.104. The number of hydrogen-bond acceptors (Lipinski definition) is 3. The largest absolute Gasteiger partial charge is 0.426 e. The number of halogens is 1. The van der Waals surface area contributed by atoms with Gasteiger partial charge in [-0.15, -0.1) is 0 Å². The summed E-state index contributed by atoms with van der Waals surface area (Å²) in [4.78, 5) is 6.80. The van der Waals surface area contributed by atoms with Crippen LogP contribution >= 0.6 is 15.9 Å². The van der Waals surface area contributed by atoms with Crippen LogP contribution in [0.3, 0.4) is 0 Å². The molecule has 4 heteroatoms. The van der Waals surface area contributed by atoms with E-state index in [9.17, 15) is 0 Å². The molecule has 1 aliphatic rings. The van der Waals surface area contributed by atoms with E-state index in [2.05, 4.69) is 58.4 Å². The highest BCUT2D eigenvalue weighted by atomic mass is 79.9. The molecule has 0 N–H and O–H groups in total. The normalized spacial score (nSPS) is 16.3. The average Bonchev–Trinajstić information content (AvgIpc) is 2.61. The molecule has 120 valence electrons. The summed E-state index contributed by atoms with van der Waals surface area (Å²) < 4.78 is 7.11. The SMILES string of the molecule is CN(C)C1=NC(c2ccccc2Br)c2c(ccc3ccccc23)O1. The van der Waals surface area contributed by atoms with Gasteiger partial charge in [0, 0.05) is 24.1 Å². The van der Waals surface area contributed by atoms with E-state index < -0.39 is 0 Å². The lowest BCUT2D eigenvalue weighted by atomic mass is 9.92. The number of amidine groups is 1. The molecule has 0 saturated carbocycles. The molecule has 1 atom stereocenters. The lowest BCUT2D eigenvalue weighted by Gasteiger charge is -2.28. The standard InChI is InChI=1S/C20H17BrN2O/c1-23(2)20-22-19(15-9-5-6-10-16(15)21)18-14-8-4-3-7-13(14)11-12-17(18)24-20/h3-12,19H,1-2H3. The predicted molar refractivity (Wildman–Crippen MR) is 102 cm³/mol. The maximum atomic E-state index is 6.05. The van der Waals surface area contributed by atoms with Crippen LogP contribution in [-0.4, -0.2) is 25.0 Å². The molecule has 0 radical (unpaired) electrons. The molecule has 0 bridgehead atoms. The molecule has 1 unspecified atom stereocenters. The van der Waals surface area contributed by atoms with Crippen LogP contribution in [0.4, 0.5) is 0 Å². The van der Waals surface area contributed by atoms with Gasteiger partial charge < -0.3 is 9.64 Å². The van der Waals surface area contributed by atoms with Gasteiger partial charge in [0.05, 0.1) is 0 Å². The Morgan fingerprint density at radius 3 is 2.50 bits per heavy atom. The predicted octanol–water partition coefficient (Wildman–Crippen LogP) is 5.00. The first-order chi connectivity index (χ1) is 11.6. The second kappa shape index (κ2) is 5.95. The van der Waals surface area contributed by atoms with Gasteiger partial charge in [0.1, 0.15) is 11.8 Å². The molecule has 0 aromatic heterocycles.